The Morgan fingerprint density at radius 2 is 1.85 bits per heavy atom. The molecular formula is C27H27ClF3N5O3. The van der Waals surface area contributed by atoms with Gasteiger partial charge in [0, 0.05) is 16.7 Å². The van der Waals surface area contributed by atoms with Crippen molar-refractivity contribution in [2.45, 2.75) is 43.6 Å². The molecule has 0 saturated carbocycles. The first-order valence-electron chi connectivity index (χ1n) is 12.5. The lowest BCUT2D eigenvalue weighted by molar-refractivity contribution is -0.198. The summed E-state index contributed by atoms with van der Waals surface area (Å²) in [7, 11) is 0. The zero-order chi connectivity index (χ0) is 27.8. The number of anilines is 1. The summed E-state index contributed by atoms with van der Waals surface area (Å²) >= 11 is 6.15. The molecule has 1 aromatic heterocycles. The van der Waals surface area contributed by atoms with Crippen LogP contribution in [0.1, 0.15) is 42.7 Å². The normalized spacial score (nSPS) is 21.5. The predicted octanol–water partition coefficient (Wildman–Crippen LogP) is 4.92. The molecule has 12 heteroatoms. The van der Waals surface area contributed by atoms with Crippen LogP contribution in [0.3, 0.4) is 0 Å². The highest BCUT2D eigenvalue weighted by molar-refractivity contribution is 6.30. The van der Waals surface area contributed by atoms with E-state index in [-0.39, 0.29) is 28.0 Å². The molecule has 3 aromatic rings. The average molecular weight is 562 g/mol. The van der Waals surface area contributed by atoms with Gasteiger partial charge < -0.3 is 20.9 Å². The number of halogens is 4. The Bertz CT molecular complexity index is 1350. The maximum Gasteiger partial charge on any atom is 0.429 e. The second kappa shape index (κ2) is 10.6. The number of piperidine rings is 1. The molecule has 5 rings (SSSR count). The van der Waals surface area contributed by atoms with Crippen molar-refractivity contribution in [2.75, 3.05) is 18.8 Å². The molecule has 3 atom stereocenters. The highest BCUT2D eigenvalue weighted by Crippen LogP contribution is 2.50. The van der Waals surface area contributed by atoms with Crippen LogP contribution in [0.4, 0.5) is 19.1 Å². The van der Waals surface area contributed by atoms with Crippen LogP contribution in [-0.4, -0.2) is 46.4 Å². The number of aliphatic carboxylic acids is 1. The summed E-state index contributed by atoms with van der Waals surface area (Å²) in [5.41, 5.74) is 6.45. The summed E-state index contributed by atoms with van der Waals surface area (Å²) in [4.78, 5) is 20.1. The first-order valence-corrected chi connectivity index (χ1v) is 12.9. The van der Waals surface area contributed by atoms with Crippen molar-refractivity contribution in [2.24, 2.45) is 5.41 Å². The number of hydrogen-bond donors (Lipinski definition) is 4. The maximum atomic E-state index is 14.5. The van der Waals surface area contributed by atoms with Crippen molar-refractivity contribution < 1.29 is 27.8 Å². The minimum atomic E-state index is -4.81. The number of carboxylic acid groups (broad SMARTS) is 1. The fourth-order valence-electron chi connectivity index (χ4n) is 5.66. The summed E-state index contributed by atoms with van der Waals surface area (Å²) in [5, 5.41) is 16.3. The molecule has 206 valence electrons. The van der Waals surface area contributed by atoms with Crippen LogP contribution in [0, 0.1) is 5.41 Å². The lowest BCUT2D eigenvalue weighted by atomic mass is 9.71. The molecule has 2 fully saturated rings. The first-order chi connectivity index (χ1) is 18.6. The quantitative estimate of drug-likeness (QED) is 0.334. The fourth-order valence-corrected chi connectivity index (χ4v) is 5.83. The van der Waals surface area contributed by atoms with E-state index in [9.17, 15) is 23.1 Å². The van der Waals surface area contributed by atoms with Crippen molar-refractivity contribution in [3.8, 4) is 17.0 Å². The number of ether oxygens (including phenoxy) is 1. The van der Waals surface area contributed by atoms with Gasteiger partial charge in [0.2, 0.25) is 17.9 Å². The van der Waals surface area contributed by atoms with Crippen LogP contribution < -0.4 is 21.1 Å². The van der Waals surface area contributed by atoms with Crippen molar-refractivity contribution in [1.29, 1.82) is 0 Å². The second-order valence-electron chi connectivity index (χ2n) is 9.93. The van der Waals surface area contributed by atoms with Gasteiger partial charge in [-0.3, -0.25) is 10.1 Å². The van der Waals surface area contributed by atoms with Crippen LogP contribution in [0.2, 0.25) is 5.02 Å². The van der Waals surface area contributed by atoms with E-state index in [4.69, 9.17) is 22.1 Å². The topological polar surface area (TPSA) is 122 Å². The Labute approximate surface area is 227 Å². The standard InChI is InChI=1S/C27H27ClF3N5O3/c28-16-6-7-17(18(12-16)15-4-2-1-3-5-15)23(27(29,30)31)39-21-13-19(35-25(32)36-21)22-26(8-10-33-11-9-26)14-20(34-22)24(37)38/h1-7,12-13,20,22-23,33-34H,8-11,14H2,(H,37,38)(H2,32,35,36)/t20?,22?,23-/m1/s1. The van der Waals surface area contributed by atoms with Crippen LogP contribution in [0.5, 0.6) is 5.88 Å². The molecule has 2 aliphatic heterocycles. The predicted molar refractivity (Wildman–Crippen MR) is 139 cm³/mol. The minimum Gasteiger partial charge on any atom is -0.480 e. The number of alkyl halides is 3. The first kappa shape index (κ1) is 27.2. The van der Waals surface area contributed by atoms with Crippen molar-refractivity contribution in [1.82, 2.24) is 20.6 Å². The van der Waals surface area contributed by atoms with Crippen molar-refractivity contribution >= 4 is 23.5 Å². The number of rotatable bonds is 6. The molecule has 1 spiro atoms. The third kappa shape index (κ3) is 5.66. The minimum absolute atomic E-state index is 0.142. The summed E-state index contributed by atoms with van der Waals surface area (Å²) in [6, 6.07) is 12.6. The van der Waals surface area contributed by atoms with Gasteiger partial charge >= 0.3 is 12.1 Å². The molecule has 8 nitrogen and oxygen atoms in total. The molecule has 3 heterocycles. The van der Waals surface area contributed by atoms with Gasteiger partial charge in [-0.15, -0.1) is 0 Å². The Morgan fingerprint density at radius 3 is 2.51 bits per heavy atom. The average Bonchev–Trinajstić information content (AvgIpc) is 3.26. The summed E-state index contributed by atoms with van der Waals surface area (Å²) in [6.07, 6.45) is -5.49. The molecule has 0 radical (unpaired) electrons. The van der Waals surface area contributed by atoms with E-state index in [1.807, 2.05) is 0 Å². The highest BCUT2D eigenvalue weighted by atomic mass is 35.5. The smallest absolute Gasteiger partial charge is 0.429 e. The lowest BCUT2D eigenvalue weighted by Crippen LogP contribution is -2.40. The van der Waals surface area contributed by atoms with Gasteiger partial charge in [-0.1, -0.05) is 48.0 Å². The number of nitrogen functional groups attached to an aromatic ring is 1. The van der Waals surface area contributed by atoms with E-state index >= 15 is 0 Å². The lowest BCUT2D eigenvalue weighted by Gasteiger charge is -2.38. The van der Waals surface area contributed by atoms with Gasteiger partial charge in [-0.05, 0) is 61.0 Å². The Balaban J connectivity index is 1.54. The Morgan fingerprint density at radius 1 is 1.13 bits per heavy atom. The number of hydrogen-bond acceptors (Lipinski definition) is 7. The maximum absolute atomic E-state index is 14.5. The molecule has 2 aromatic carbocycles. The van der Waals surface area contributed by atoms with E-state index < -0.39 is 35.7 Å². The zero-order valence-electron chi connectivity index (χ0n) is 20.7. The van der Waals surface area contributed by atoms with Crippen molar-refractivity contribution in [3.63, 3.8) is 0 Å². The molecule has 39 heavy (non-hydrogen) atoms. The van der Waals surface area contributed by atoms with E-state index in [0.717, 1.165) is 0 Å². The van der Waals surface area contributed by atoms with Crippen LogP contribution in [0.15, 0.2) is 54.6 Å². The van der Waals surface area contributed by atoms with Gasteiger partial charge in [0.05, 0.1) is 11.7 Å². The number of nitrogens with two attached hydrogens (primary N) is 1. The zero-order valence-corrected chi connectivity index (χ0v) is 21.5. The number of nitrogens with zero attached hydrogens (tertiary/aromatic N) is 2. The number of benzene rings is 2. The molecule has 2 saturated heterocycles. The van der Waals surface area contributed by atoms with Crippen LogP contribution >= 0.6 is 11.6 Å². The van der Waals surface area contributed by atoms with Gasteiger partial charge in [0.25, 0.3) is 0 Å². The summed E-state index contributed by atoms with van der Waals surface area (Å²) in [6.45, 7) is 1.37. The molecule has 0 aliphatic carbocycles. The summed E-state index contributed by atoms with van der Waals surface area (Å²) in [5.74, 6) is -1.63. The number of nitrogens with one attached hydrogen (secondary N) is 2. The molecule has 5 N–H and O–H groups in total. The van der Waals surface area contributed by atoms with E-state index in [2.05, 4.69) is 20.6 Å². The summed E-state index contributed by atoms with van der Waals surface area (Å²) < 4.78 is 49.0. The molecule has 2 unspecified atom stereocenters. The molecular weight excluding hydrogens is 535 g/mol. The van der Waals surface area contributed by atoms with Gasteiger partial charge in [-0.2, -0.15) is 18.2 Å². The highest BCUT2D eigenvalue weighted by Gasteiger charge is 2.51. The Hall–Kier alpha value is -3.41. The van der Waals surface area contributed by atoms with Crippen molar-refractivity contribution in [3.05, 3.63) is 70.9 Å². The SMILES string of the molecule is Nc1nc(O[C@H](c2ccc(Cl)cc2-c2ccccc2)C(F)(F)F)cc(C2NC(C(=O)O)CC23CCNCC3)n1. The number of carboxylic acids is 1. The van der Waals surface area contributed by atoms with E-state index in [1.165, 1.54) is 24.3 Å². The van der Waals surface area contributed by atoms with Gasteiger partial charge in [0.15, 0.2) is 0 Å². The van der Waals surface area contributed by atoms with Crippen LogP contribution in [0.25, 0.3) is 11.1 Å². The fraction of sp³-hybridized carbons (Fsp3) is 0.370. The molecule has 0 amide bonds. The monoisotopic (exact) mass is 561 g/mol. The largest absolute Gasteiger partial charge is 0.480 e. The second-order valence-corrected chi connectivity index (χ2v) is 10.4. The van der Waals surface area contributed by atoms with Gasteiger partial charge in [-0.25, -0.2) is 4.98 Å². The number of carbonyl (C=O) groups is 1. The van der Waals surface area contributed by atoms with Crippen LogP contribution in [-0.2, 0) is 4.79 Å². The molecule has 0 bridgehead atoms. The Kier molecular flexibility index (Phi) is 7.41. The van der Waals surface area contributed by atoms with Gasteiger partial charge in [0.1, 0.15) is 6.04 Å². The molecule has 2 aliphatic rings. The third-order valence-corrected chi connectivity index (χ3v) is 7.68. The van der Waals surface area contributed by atoms with E-state index in [1.54, 1.807) is 30.3 Å². The number of aromatic nitrogens is 2. The third-order valence-electron chi connectivity index (χ3n) is 7.44. The van der Waals surface area contributed by atoms with E-state index in [0.29, 0.717) is 43.6 Å².